The first-order valence-electron chi connectivity index (χ1n) is 5.76. The van der Waals surface area contributed by atoms with Crippen molar-refractivity contribution in [1.29, 1.82) is 0 Å². The smallest absolute Gasteiger partial charge is 0.315 e. The van der Waals surface area contributed by atoms with Gasteiger partial charge in [-0.05, 0) is 20.3 Å². The SMILES string of the molecule is CCC(C)(CNC(=O)NC(C)C(=O)NC)C(=O)O. The predicted molar refractivity (Wildman–Crippen MR) is 66.1 cm³/mol. The van der Waals surface area contributed by atoms with Gasteiger partial charge >= 0.3 is 12.0 Å². The third-order valence-corrected chi connectivity index (χ3v) is 2.92. The van der Waals surface area contributed by atoms with Gasteiger partial charge in [-0.2, -0.15) is 0 Å². The number of likely N-dealkylation sites (N-methyl/N-ethyl adjacent to an activating group) is 1. The van der Waals surface area contributed by atoms with E-state index in [9.17, 15) is 14.4 Å². The summed E-state index contributed by atoms with van der Waals surface area (Å²) in [5.41, 5.74) is -1.01. The van der Waals surface area contributed by atoms with Gasteiger partial charge in [-0.25, -0.2) is 4.79 Å². The Morgan fingerprint density at radius 2 is 1.89 bits per heavy atom. The van der Waals surface area contributed by atoms with Crippen molar-refractivity contribution in [1.82, 2.24) is 16.0 Å². The van der Waals surface area contributed by atoms with E-state index in [4.69, 9.17) is 5.11 Å². The highest BCUT2D eigenvalue weighted by atomic mass is 16.4. The highest BCUT2D eigenvalue weighted by Gasteiger charge is 2.31. The van der Waals surface area contributed by atoms with Gasteiger partial charge in [-0.15, -0.1) is 0 Å². The van der Waals surface area contributed by atoms with Crippen molar-refractivity contribution < 1.29 is 19.5 Å². The summed E-state index contributed by atoms with van der Waals surface area (Å²) >= 11 is 0. The molecule has 4 N–H and O–H groups in total. The van der Waals surface area contributed by atoms with Crippen LogP contribution in [0.1, 0.15) is 27.2 Å². The van der Waals surface area contributed by atoms with Crippen LogP contribution in [0.3, 0.4) is 0 Å². The van der Waals surface area contributed by atoms with Gasteiger partial charge in [0.05, 0.1) is 5.41 Å². The van der Waals surface area contributed by atoms with Gasteiger partial charge in [-0.3, -0.25) is 9.59 Å². The lowest BCUT2D eigenvalue weighted by Gasteiger charge is -2.23. The molecule has 0 aromatic heterocycles. The monoisotopic (exact) mass is 259 g/mol. The van der Waals surface area contributed by atoms with Crippen molar-refractivity contribution in [3.8, 4) is 0 Å². The van der Waals surface area contributed by atoms with Gasteiger partial charge in [0.15, 0.2) is 0 Å². The quantitative estimate of drug-likeness (QED) is 0.535. The third-order valence-electron chi connectivity index (χ3n) is 2.92. The van der Waals surface area contributed by atoms with E-state index in [2.05, 4.69) is 16.0 Å². The first-order chi connectivity index (χ1) is 8.26. The standard InChI is InChI=1S/C11H21N3O4/c1-5-11(3,9(16)17)6-13-10(18)14-7(2)8(15)12-4/h7H,5-6H2,1-4H3,(H,12,15)(H,16,17)(H2,13,14,18). The van der Waals surface area contributed by atoms with E-state index in [1.165, 1.54) is 14.0 Å². The van der Waals surface area contributed by atoms with Crippen molar-refractivity contribution in [2.24, 2.45) is 5.41 Å². The molecule has 0 rings (SSSR count). The van der Waals surface area contributed by atoms with E-state index in [-0.39, 0.29) is 12.5 Å². The Balaban J connectivity index is 4.26. The first-order valence-corrected chi connectivity index (χ1v) is 5.76. The summed E-state index contributed by atoms with van der Waals surface area (Å²) < 4.78 is 0. The number of amides is 3. The molecular weight excluding hydrogens is 238 g/mol. The summed E-state index contributed by atoms with van der Waals surface area (Å²) in [6.07, 6.45) is 0.396. The molecule has 3 amide bonds. The summed E-state index contributed by atoms with van der Waals surface area (Å²) in [6.45, 7) is 4.83. The topological polar surface area (TPSA) is 108 Å². The molecule has 7 heteroatoms. The second-order valence-corrected chi connectivity index (χ2v) is 4.38. The van der Waals surface area contributed by atoms with Crippen molar-refractivity contribution in [2.45, 2.75) is 33.2 Å². The molecule has 0 aromatic carbocycles. The molecule has 0 spiro atoms. The average molecular weight is 259 g/mol. The van der Waals surface area contributed by atoms with E-state index in [0.29, 0.717) is 6.42 Å². The molecule has 0 saturated heterocycles. The minimum absolute atomic E-state index is 0.00509. The van der Waals surface area contributed by atoms with Crippen molar-refractivity contribution in [3.63, 3.8) is 0 Å². The number of carboxylic acid groups (broad SMARTS) is 1. The van der Waals surface area contributed by atoms with Crippen molar-refractivity contribution in [3.05, 3.63) is 0 Å². The zero-order valence-corrected chi connectivity index (χ0v) is 11.2. The Hall–Kier alpha value is -1.79. The fourth-order valence-corrected chi connectivity index (χ4v) is 1.16. The van der Waals surface area contributed by atoms with Crippen LogP contribution in [-0.2, 0) is 9.59 Å². The van der Waals surface area contributed by atoms with Crippen LogP contribution in [0.5, 0.6) is 0 Å². The molecule has 104 valence electrons. The Labute approximate surface area is 106 Å². The van der Waals surface area contributed by atoms with Crippen LogP contribution in [-0.4, -0.2) is 42.6 Å². The molecule has 7 nitrogen and oxygen atoms in total. The zero-order chi connectivity index (χ0) is 14.3. The molecule has 0 aliphatic heterocycles. The summed E-state index contributed by atoms with van der Waals surface area (Å²) in [4.78, 5) is 33.6. The van der Waals surface area contributed by atoms with E-state index in [1.807, 2.05) is 0 Å². The lowest BCUT2D eigenvalue weighted by molar-refractivity contribution is -0.147. The Morgan fingerprint density at radius 1 is 1.33 bits per heavy atom. The maximum absolute atomic E-state index is 11.5. The Kier molecular flexibility index (Phi) is 6.15. The van der Waals surface area contributed by atoms with E-state index in [1.54, 1.807) is 13.8 Å². The molecule has 0 aromatic rings. The highest BCUT2D eigenvalue weighted by molar-refractivity contribution is 5.86. The van der Waals surface area contributed by atoms with Gasteiger partial charge in [0.2, 0.25) is 5.91 Å². The molecule has 0 bridgehead atoms. The van der Waals surface area contributed by atoms with Crippen LogP contribution >= 0.6 is 0 Å². The molecule has 0 aliphatic rings. The predicted octanol–water partition coefficient (Wildman–Crippen LogP) is -0.0790. The molecular formula is C11H21N3O4. The minimum atomic E-state index is -1.01. The zero-order valence-electron chi connectivity index (χ0n) is 11.2. The number of rotatable bonds is 6. The highest BCUT2D eigenvalue weighted by Crippen LogP contribution is 2.19. The van der Waals surface area contributed by atoms with Gasteiger partial charge in [0, 0.05) is 13.6 Å². The van der Waals surface area contributed by atoms with Crippen LogP contribution in [0.15, 0.2) is 0 Å². The number of carboxylic acids is 1. The molecule has 18 heavy (non-hydrogen) atoms. The Morgan fingerprint density at radius 3 is 2.28 bits per heavy atom. The number of hydrogen-bond donors (Lipinski definition) is 4. The first kappa shape index (κ1) is 16.2. The number of carbonyl (C=O) groups excluding carboxylic acids is 2. The second-order valence-electron chi connectivity index (χ2n) is 4.38. The largest absolute Gasteiger partial charge is 0.481 e. The van der Waals surface area contributed by atoms with Gasteiger partial charge in [0.25, 0.3) is 0 Å². The molecule has 0 heterocycles. The maximum atomic E-state index is 11.5. The van der Waals surface area contributed by atoms with E-state index in [0.717, 1.165) is 0 Å². The maximum Gasteiger partial charge on any atom is 0.315 e. The Bertz CT molecular complexity index is 332. The summed E-state index contributed by atoms with van der Waals surface area (Å²) in [7, 11) is 1.47. The normalized spacial score (nSPS) is 15.1. The van der Waals surface area contributed by atoms with Crippen molar-refractivity contribution in [2.75, 3.05) is 13.6 Å². The number of urea groups is 1. The van der Waals surface area contributed by atoms with Crippen LogP contribution < -0.4 is 16.0 Å². The number of carbonyl (C=O) groups is 3. The van der Waals surface area contributed by atoms with Crippen molar-refractivity contribution >= 4 is 17.9 Å². The fourth-order valence-electron chi connectivity index (χ4n) is 1.16. The second kappa shape index (κ2) is 6.83. The molecule has 2 atom stereocenters. The molecule has 0 aliphatic carbocycles. The lowest BCUT2D eigenvalue weighted by Crippen LogP contribution is -2.50. The average Bonchev–Trinajstić information content (AvgIpc) is 2.34. The van der Waals surface area contributed by atoms with Crippen LogP contribution in [0.4, 0.5) is 4.79 Å². The van der Waals surface area contributed by atoms with Gasteiger partial charge < -0.3 is 21.1 Å². The molecule has 0 fully saturated rings. The van der Waals surface area contributed by atoms with Crippen LogP contribution in [0.25, 0.3) is 0 Å². The molecule has 2 unspecified atom stereocenters. The number of hydrogen-bond acceptors (Lipinski definition) is 3. The van der Waals surface area contributed by atoms with E-state index >= 15 is 0 Å². The van der Waals surface area contributed by atoms with Gasteiger partial charge in [0.1, 0.15) is 6.04 Å². The summed E-state index contributed by atoms with van der Waals surface area (Å²) in [5.74, 6) is -1.29. The molecule has 0 radical (unpaired) electrons. The van der Waals surface area contributed by atoms with E-state index < -0.39 is 23.5 Å². The number of nitrogens with one attached hydrogen (secondary N) is 3. The molecule has 0 saturated carbocycles. The fraction of sp³-hybridized carbons (Fsp3) is 0.727. The minimum Gasteiger partial charge on any atom is -0.481 e. The van der Waals surface area contributed by atoms with Gasteiger partial charge in [-0.1, -0.05) is 6.92 Å². The van der Waals surface area contributed by atoms with Crippen LogP contribution in [0, 0.1) is 5.41 Å². The van der Waals surface area contributed by atoms with Crippen LogP contribution in [0.2, 0.25) is 0 Å². The number of aliphatic carboxylic acids is 1. The third kappa shape index (κ3) is 4.60. The summed E-state index contributed by atoms with van der Waals surface area (Å²) in [5, 5.41) is 16.3. The lowest BCUT2D eigenvalue weighted by atomic mass is 9.88. The summed E-state index contributed by atoms with van der Waals surface area (Å²) in [6, 6.07) is -1.24.